The van der Waals surface area contributed by atoms with E-state index in [2.05, 4.69) is 0 Å². The molecule has 1 aliphatic heterocycles. The van der Waals surface area contributed by atoms with Crippen LogP contribution in [0.5, 0.6) is 11.5 Å². The number of hydrogen-bond donors (Lipinski definition) is 0. The van der Waals surface area contributed by atoms with Gasteiger partial charge in [0, 0.05) is 19.2 Å². The highest BCUT2D eigenvalue weighted by atomic mass is 35.5. The van der Waals surface area contributed by atoms with Crippen LogP contribution in [-0.4, -0.2) is 31.1 Å². The zero-order valence-electron chi connectivity index (χ0n) is 12.5. The van der Waals surface area contributed by atoms with Crippen LogP contribution in [0.15, 0.2) is 36.4 Å². The van der Waals surface area contributed by atoms with Crippen LogP contribution in [0.3, 0.4) is 0 Å². The summed E-state index contributed by atoms with van der Waals surface area (Å²) in [6.45, 7) is 1.45. The molecule has 23 heavy (non-hydrogen) atoms. The molecule has 0 unspecified atom stereocenters. The number of amides is 1. The maximum absolute atomic E-state index is 12.6. The summed E-state index contributed by atoms with van der Waals surface area (Å²) in [4.78, 5) is 14.2. The van der Waals surface area contributed by atoms with E-state index in [1.54, 1.807) is 42.3 Å². The zero-order chi connectivity index (χ0) is 16.4. The number of carbonyl (C=O) groups excluding carboxylic acids is 1. The second-order valence-electron chi connectivity index (χ2n) is 5.27. The predicted octanol–water partition coefficient (Wildman–Crippen LogP) is 4.04. The van der Waals surface area contributed by atoms with Crippen molar-refractivity contribution in [2.75, 3.05) is 20.3 Å². The molecule has 4 nitrogen and oxygen atoms in total. The first-order chi connectivity index (χ1) is 11.0. The zero-order valence-corrected chi connectivity index (χ0v) is 14.0. The smallest absolute Gasteiger partial charge is 0.254 e. The molecule has 0 aromatic heterocycles. The Balaban J connectivity index is 1.75. The number of fused-ring (bicyclic) bond motifs is 1. The average molecular weight is 352 g/mol. The molecule has 3 rings (SSSR count). The minimum atomic E-state index is -0.104. The fourth-order valence-corrected chi connectivity index (χ4v) is 2.70. The van der Waals surface area contributed by atoms with Gasteiger partial charge in [-0.2, -0.15) is 0 Å². The van der Waals surface area contributed by atoms with Gasteiger partial charge < -0.3 is 14.4 Å². The van der Waals surface area contributed by atoms with E-state index in [1.165, 1.54) is 0 Å². The van der Waals surface area contributed by atoms with Gasteiger partial charge in [-0.05, 0) is 35.9 Å². The number of benzene rings is 2. The van der Waals surface area contributed by atoms with Crippen LogP contribution in [0.4, 0.5) is 0 Å². The van der Waals surface area contributed by atoms with Crippen molar-refractivity contribution in [2.24, 2.45) is 0 Å². The van der Waals surface area contributed by atoms with E-state index in [-0.39, 0.29) is 5.91 Å². The highest BCUT2D eigenvalue weighted by Gasteiger charge is 2.17. The fraction of sp³-hybridized carbons (Fsp3) is 0.235. The minimum Gasteiger partial charge on any atom is -0.486 e. The third kappa shape index (κ3) is 3.54. The van der Waals surface area contributed by atoms with E-state index < -0.39 is 0 Å². The highest BCUT2D eigenvalue weighted by molar-refractivity contribution is 6.42. The Morgan fingerprint density at radius 1 is 1.04 bits per heavy atom. The molecule has 0 saturated carbocycles. The summed E-state index contributed by atoms with van der Waals surface area (Å²) < 4.78 is 11.0. The average Bonchev–Trinajstić information content (AvgIpc) is 2.57. The van der Waals surface area contributed by atoms with Crippen molar-refractivity contribution in [3.8, 4) is 11.5 Å². The molecule has 0 saturated heterocycles. The van der Waals surface area contributed by atoms with Gasteiger partial charge in [-0.3, -0.25) is 4.79 Å². The van der Waals surface area contributed by atoms with Gasteiger partial charge in [0.2, 0.25) is 0 Å². The lowest BCUT2D eigenvalue weighted by atomic mass is 10.1. The van der Waals surface area contributed by atoms with E-state index in [9.17, 15) is 4.79 Å². The van der Waals surface area contributed by atoms with Crippen molar-refractivity contribution in [1.82, 2.24) is 4.90 Å². The molecular formula is C17H15Cl2NO3. The lowest BCUT2D eigenvalue weighted by Gasteiger charge is -2.21. The van der Waals surface area contributed by atoms with Crippen LogP contribution < -0.4 is 9.47 Å². The van der Waals surface area contributed by atoms with Crippen molar-refractivity contribution >= 4 is 29.1 Å². The minimum absolute atomic E-state index is 0.104. The molecule has 0 atom stereocenters. The maximum atomic E-state index is 12.6. The Labute approximate surface area is 144 Å². The first kappa shape index (κ1) is 16.0. The number of ether oxygens (including phenoxy) is 2. The fourth-order valence-electron chi connectivity index (χ4n) is 2.38. The predicted molar refractivity (Wildman–Crippen MR) is 89.7 cm³/mol. The molecule has 0 fully saturated rings. The third-order valence-corrected chi connectivity index (χ3v) is 4.28. The Bertz CT molecular complexity index is 749. The lowest BCUT2D eigenvalue weighted by molar-refractivity contribution is 0.0784. The van der Waals surface area contributed by atoms with Gasteiger partial charge in [0.25, 0.3) is 5.91 Å². The van der Waals surface area contributed by atoms with E-state index in [0.717, 1.165) is 5.56 Å². The summed E-state index contributed by atoms with van der Waals surface area (Å²) in [6.07, 6.45) is 0. The second kappa shape index (κ2) is 6.69. The largest absolute Gasteiger partial charge is 0.486 e. The van der Waals surface area contributed by atoms with Crippen LogP contribution in [0, 0.1) is 0 Å². The second-order valence-corrected chi connectivity index (χ2v) is 6.08. The Hall–Kier alpha value is -1.91. The third-order valence-electron chi connectivity index (χ3n) is 3.54. The lowest BCUT2D eigenvalue weighted by Crippen LogP contribution is -2.26. The molecule has 1 aliphatic rings. The van der Waals surface area contributed by atoms with Crippen molar-refractivity contribution in [3.63, 3.8) is 0 Å². The summed E-state index contributed by atoms with van der Waals surface area (Å²) in [5.41, 5.74) is 1.46. The molecule has 1 amide bonds. The quantitative estimate of drug-likeness (QED) is 0.837. The van der Waals surface area contributed by atoms with Gasteiger partial charge in [0.15, 0.2) is 11.5 Å². The standard InChI is InChI=1S/C17H15Cl2NO3/c1-20(10-11-2-4-13(18)14(19)8-11)17(21)12-3-5-15-16(9-12)23-7-6-22-15/h2-5,8-9H,6-7,10H2,1H3. The van der Waals surface area contributed by atoms with E-state index in [1.807, 2.05) is 6.07 Å². The van der Waals surface area contributed by atoms with Crippen LogP contribution in [0.2, 0.25) is 10.0 Å². The summed E-state index contributed by atoms with van der Waals surface area (Å²) in [6, 6.07) is 10.5. The van der Waals surface area contributed by atoms with Gasteiger partial charge in [-0.25, -0.2) is 0 Å². The van der Waals surface area contributed by atoms with Gasteiger partial charge in [0.1, 0.15) is 13.2 Å². The summed E-state index contributed by atoms with van der Waals surface area (Å²) in [5.74, 6) is 1.16. The molecular weight excluding hydrogens is 337 g/mol. The van der Waals surface area contributed by atoms with Crippen LogP contribution in [-0.2, 0) is 6.54 Å². The SMILES string of the molecule is CN(Cc1ccc(Cl)c(Cl)c1)C(=O)c1ccc2c(c1)OCCO2. The van der Waals surface area contributed by atoms with Crippen LogP contribution in [0.1, 0.15) is 15.9 Å². The number of halogens is 2. The first-order valence-corrected chi connectivity index (χ1v) is 7.89. The Morgan fingerprint density at radius 3 is 2.52 bits per heavy atom. The van der Waals surface area contributed by atoms with Gasteiger partial charge in [-0.15, -0.1) is 0 Å². The highest BCUT2D eigenvalue weighted by Crippen LogP contribution is 2.31. The topological polar surface area (TPSA) is 38.8 Å². The normalized spacial score (nSPS) is 12.8. The van der Waals surface area contributed by atoms with E-state index >= 15 is 0 Å². The van der Waals surface area contributed by atoms with Crippen molar-refractivity contribution < 1.29 is 14.3 Å². The van der Waals surface area contributed by atoms with Crippen LogP contribution in [0.25, 0.3) is 0 Å². The van der Waals surface area contributed by atoms with Gasteiger partial charge >= 0.3 is 0 Å². The Morgan fingerprint density at radius 2 is 1.78 bits per heavy atom. The van der Waals surface area contributed by atoms with Crippen LogP contribution >= 0.6 is 23.2 Å². The molecule has 2 aromatic carbocycles. The first-order valence-electron chi connectivity index (χ1n) is 7.13. The van der Waals surface area contributed by atoms with Gasteiger partial charge in [0.05, 0.1) is 10.0 Å². The van der Waals surface area contributed by atoms with E-state index in [4.69, 9.17) is 32.7 Å². The molecule has 0 spiro atoms. The molecule has 0 aliphatic carbocycles. The molecule has 120 valence electrons. The molecule has 1 heterocycles. The van der Waals surface area contributed by atoms with Crippen molar-refractivity contribution in [3.05, 3.63) is 57.6 Å². The molecule has 0 radical (unpaired) electrons. The summed E-state index contributed by atoms with van der Waals surface area (Å²) in [7, 11) is 1.74. The van der Waals surface area contributed by atoms with E-state index in [0.29, 0.717) is 46.9 Å². The maximum Gasteiger partial charge on any atom is 0.254 e. The Kier molecular flexibility index (Phi) is 4.64. The molecule has 6 heteroatoms. The van der Waals surface area contributed by atoms with Crippen molar-refractivity contribution in [2.45, 2.75) is 6.54 Å². The number of rotatable bonds is 3. The monoisotopic (exact) mass is 351 g/mol. The number of hydrogen-bond acceptors (Lipinski definition) is 3. The van der Waals surface area contributed by atoms with Crippen molar-refractivity contribution in [1.29, 1.82) is 0 Å². The molecule has 0 N–H and O–H groups in total. The molecule has 0 bridgehead atoms. The molecule has 2 aromatic rings. The van der Waals surface area contributed by atoms with Gasteiger partial charge in [-0.1, -0.05) is 29.3 Å². The summed E-state index contributed by atoms with van der Waals surface area (Å²) >= 11 is 11.9. The number of carbonyl (C=O) groups is 1. The summed E-state index contributed by atoms with van der Waals surface area (Å²) in [5, 5.41) is 0.973. The number of nitrogens with zero attached hydrogens (tertiary/aromatic N) is 1.